The molecule has 16 nitrogen and oxygen atoms in total. The summed E-state index contributed by atoms with van der Waals surface area (Å²) in [6.45, 7) is 15.3. The smallest absolute Gasteiger partial charge is 0.324 e. The van der Waals surface area contributed by atoms with Gasteiger partial charge in [-0.25, -0.2) is 15.2 Å². The van der Waals surface area contributed by atoms with E-state index in [1.165, 1.54) is 21.2 Å². The highest BCUT2D eigenvalue weighted by Crippen LogP contribution is 2.42. The number of carbonyl (C=O) groups is 4. The number of benzene rings is 1. The van der Waals surface area contributed by atoms with Crippen molar-refractivity contribution in [3.8, 4) is 22.5 Å². The average molecular weight is 899 g/mol. The lowest BCUT2D eigenvalue weighted by molar-refractivity contribution is -0.232. The van der Waals surface area contributed by atoms with Gasteiger partial charge in [-0.3, -0.25) is 24.4 Å². The van der Waals surface area contributed by atoms with Crippen LogP contribution in [0.2, 0.25) is 0 Å². The molecule has 4 aliphatic heterocycles. The molecule has 1 aromatic carbocycles. The highest BCUT2D eigenvalue weighted by atomic mass is 32.1. The summed E-state index contributed by atoms with van der Waals surface area (Å²) in [4.78, 5) is 70.0. The first-order valence-electron chi connectivity index (χ1n) is 22.5. The second-order valence-corrected chi connectivity index (χ2v) is 19.7. The Bertz CT molecular complexity index is 2390. The van der Waals surface area contributed by atoms with E-state index in [1.807, 2.05) is 32.2 Å². The lowest BCUT2D eigenvalue weighted by atomic mass is 9.84. The molecule has 0 saturated carbocycles. The highest BCUT2D eigenvalue weighted by Gasteiger charge is 2.46. The van der Waals surface area contributed by atoms with Crippen LogP contribution in [0, 0.1) is 11.3 Å². The Kier molecular flexibility index (Phi) is 13.2. The van der Waals surface area contributed by atoms with Gasteiger partial charge in [-0.2, -0.15) is 0 Å². The zero-order valence-electron chi connectivity index (χ0n) is 38.3. The lowest BCUT2D eigenvalue weighted by Gasteiger charge is -2.48. The fourth-order valence-electron chi connectivity index (χ4n) is 9.60. The number of pyridine rings is 1. The van der Waals surface area contributed by atoms with Gasteiger partial charge in [0.05, 0.1) is 61.2 Å². The van der Waals surface area contributed by atoms with Gasteiger partial charge in [0.1, 0.15) is 23.7 Å². The number of urea groups is 1. The Labute approximate surface area is 378 Å². The molecule has 0 aliphatic carbocycles. The number of hydrazine groups is 1. The SMILES string of the molecule is CCn1c(-c2cccnc2[C@H](C)OC)c2c3cc(ccc31)-c1csc(n1)C[C@H](NC(=O)C(C(C)C)N(C)C(=O)N1CCOC3(COC3)C1)C(=O)N1CCC[C@H](N1)C(=O)OCC(C)(C)C2. The molecule has 4 amide bonds. The molecule has 344 valence electrons. The van der Waals surface area contributed by atoms with E-state index >= 15 is 0 Å². The summed E-state index contributed by atoms with van der Waals surface area (Å²) in [7, 11) is 3.32. The summed E-state index contributed by atoms with van der Waals surface area (Å²) in [6, 6.07) is 7.42. The van der Waals surface area contributed by atoms with Gasteiger partial charge in [-0.15, -0.1) is 11.3 Å². The molecule has 4 aliphatic rings. The highest BCUT2D eigenvalue weighted by molar-refractivity contribution is 7.10. The molecule has 0 radical (unpaired) electrons. The fourth-order valence-corrected chi connectivity index (χ4v) is 10.5. The average Bonchev–Trinajstić information content (AvgIpc) is 3.87. The zero-order chi connectivity index (χ0) is 45.5. The Morgan fingerprint density at radius 3 is 2.64 bits per heavy atom. The number of methoxy groups -OCH3 is 1. The topological polar surface area (TPSA) is 170 Å². The van der Waals surface area contributed by atoms with Gasteiger partial charge >= 0.3 is 12.0 Å². The third-order valence-corrected chi connectivity index (χ3v) is 13.9. The zero-order valence-corrected chi connectivity index (χ0v) is 39.1. The van der Waals surface area contributed by atoms with Gasteiger partial charge in [0.25, 0.3) is 5.91 Å². The minimum atomic E-state index is -1.06. The van der Waals surface area contributed by atoms with E-state index in [4.69, 9.17) is 28.9 Å². The van der Waals surface area contributed by atoms with Gasteiger partial charge in [-0.1, -0.05) is 33.8 Å². The van der Waals surface area contributed by atoms with Gasteiger partial charge in [0.2, 0.25) is 5.91 Å². The minimum absolute atomic E-state index is 0.0938. The number of aryl methyl sites for hydroxylation is 1. The van der Waals surface area contributed by atoms with E-state index in [0.29, 0.717) is 70.3 Å². The van der Waals surface area contributed by atoms with Crippen molar-refractivity contribution < 1.29 is 38.1 Å². The number of esters is 1. The van der Waals surface area contributed by atoms with Crippen LogP contribution in [-0.2, 0) is 52.7 Å². The normalized spacial score (nSPS) is 22.1. The number of fused-ring (bicyclic) bond motifs is 6. The summed E-state index contributed by atoms with van der Waals surface area (Å²) in [5.41, 5.74) is 8.82. The number of hydrogen-bond donors (Lipinski definition) is 2. The molecule has 64 heavy (non-hydrogen) atoms. The molecular formula is C47H62N8O8S. The second-order valence-electron chi connectivity index (χ2n) is 18.8. The van der Waals surface area contributed by atoms with Crippen LogP contribution in [-0.4, -0.2) is 137 Å². The molecule has 3 saturated heterocycles. The molecule has 3 fully saturated rings. The molecule has 3 aromatic heterocycles. The van der Waals surface area contributed by atoms with E-state index in [1.54, 1.807) is 25.3 Å². The number of nitrogens with one attached hydrogen (secondary N) is 2. The van der Waals surface area contributed by atoms with Crippen LogP contribution in [0.4, 0.5) is 4.79 Å². The van der Waals surface area contributed by atoms with Gasteiger partial charge in [0, 0.05) is 79.2 Å². The largest absolute Gasteiger partial charge is 0.464 e. The van der Waals surface area contributed by atoms with Crippen LogP contribution < -0.4 is 10.7 Å². The van der Waals surface area contributed by atoms with Gasteiger partial charge in [0.15, 0.2) is 0 Å². The number of ether oxygens (including phenoxy) is 4. The summed E-state index contributed by atoms with van der Waals surface area (Å²) >= 11 is 1.42. The van der Waals surface area contributed by atoms with E-state index in [-0.39, 0.29) is 31.1 Å². The van der Waals surface area contributed by atoms with Crippen molar-refractivity contribution in [2.75, 3.05) is 60.2 Å². The maximum atomic E-state index is 14.6. The summed E-state index contributed by atoms with van der Waals surface area (Å²) in [5, 5.41) is 8.17. The number of thiazole rings is 1. The van der Waals surface area contributed by atoms with Gasteiger partial charge in [-0.05, 0) is 68.9 Å². The van der Waals surface area contributed by atoms with Crippen LogP contribution in [0.5, 0.6) is 0 Å². The molecule has 7 heterocycles. The molecular weight excluding hydrogens is 837 g/mol. The second kappa shape index (κ2) is 18.5. The monoisotopic (exact) mass is 898 g/mol. The number of likely N-dealkylation sites (N-methyl/N-ethyl adjacent to an activating group) is 1. The van der Waals surface area contributed by atoms with Crippen LogP contribution in [0.3, 0.4) is 0 Å². The first-order chi connectivity index (χ1) is 30.6. The first kappa shape index (κ1) is 45.6. The van der Waals surface area contributed by atoms with Crippen molar-refractivity contribution in [3.05, 3.63) is 58.2 Å². The Morgan fingerprint density at radius 2 is 1.92 bits per heavy atom. The third kappa shape index (κ3) is 9.01. The standard InChI is InChI=1S/C47H62N8O8S/c1-9-54-37-15-14-30-20-32(37)33(41(54)31-12-10-16-48-39(31)29(4)60-8)22-46(5,6)25-62-44(58)34-13-11-17-55(51-34)43(57)35(21-38-49-36(30)23-64-38)50-42(56)40(28(2)3)52(7)45(59)53-18-19-63-47(24-53)26-61-27-47/h10,12,14-16,20,23,28-29,34-35,40,51H,9,11,13,17-19,21-22,24-27H2,1-8H3,(H,50,56)/t29-,34-,35-,40?/m0/s1. The number of rotatable bonds is 8. The number of hydrogen-bond acceptors (Lipinski definition) is 12. The maximum absolute atomic E-state index is 14.6. The molecule has 6 bridgehead atoms. The number of morpholine rings is 1. The minimum Gasteiger partial charge on any atom is -0.464 e. The van der Waals surface area contributed by atoms with E-state index < -0.39 is 46.9 Å². The van der Waals surface area contributed by atoms with Crippen LogP contribution in [0.1, 0.15) is 76.8 Å². The van der Waals surface area contributed by atoms with Crippen molar-refractivity contribution in [1.82, 2.24) is 40.1 Å². The number of amides is 4. The summed E-state index contributed by atoms with van der Waals surface area (Å²) in [6.07, 6.45) is 3.25. The Morgan fingerprint density at radius 1 is 1.12 bits per heavy atom. The van der Waals surface area contributed by atoms with Crippen molar-refractivity contribution in [2.45, 2.75) is 104 Å². The van der Waals surface area contributed by atoms with E-state index in [9.17, 15) is 19.2 Å². The molecule has 2 N–H and O–H groups in total. The molecule has 1 unspecified atom stereocenters. The first-order valence-corrected chi connectivity index (χ1v) is 23.4. The number of aromatic nitrogens is 3. The van der Waals surface area contributed by atoms with E-state index in [0.717, 1.165) is 44.7 Å². The molecule has 4 aromatic rings. The van der Waals surface area contributed by atoms with Crippen LogP contribution in [0.25, 0.3) is 33.4 Å². The van der Waals surface area contributed by atoms with Crippen molar-refractivity contribution in [2.24, 2.45) is 11.3 Å². The maximum Gasteiger partial charge on any atom is 0.324 e. The number of carbonyl (C=O) groups excluding carboxylic acids is 4. The number of cyclic esters (lactones) is 1. The predicted octanol–water partition coefficient (Wildman–Crippen LogP) is 5.38. The van der Waals surface area contributed by atoms with Crippen LogP contribution in [0.15, 0.2) is 41.9 Å². The molecule has 8 rings (SSSR count). The van der Waals surface area contributed by atoms with Crippen molar-refractivity contribution >= 4 is 46.1 Å². The summed E-state index contributed by atoms with van der Waals surface area (Å²) in [5.74, 6) is -1.60. The van der Waals surface area contributed by atoms with Crippen molar-refractivity contribution in [1.29, 1.82) is 0 Å². The van der Waals surface area contributed by atoms with E-state index in [2.05, 4.69) is 60.3 Å². The quantitative estimate of drug-likeness (QED) is 0.218. The third-order valence-electron chi connectivity index (χ3n) is 13.0. The van der Waals surface area contributed by atoms with Crippen LogP contribution >= 0.6 is 11.3 Å². The summed E-state index contributed by atoms with van der Waals surface area (Å²) < 4.78 is 25.6. The lowest BCUT2D eigenvalue weighted by Crippen LogP contribution is -2.66. The fraction of sp³-hybridized carbons (Fsp3) is 0.574. The van der Waals surface area contributed by atoms with Gasteiger partial charge < -0.3 is 38.6 Å². The molecule has 1 spiro atoms. The number of nitrogens with zero attached hydrogens (tertiary/aromatic N) is 6. The Hall–Kier alpha value is -4.94. The predicted molar refractivity (Wildman–Crippen MR) is 242 cm³/mol. The molecule has 4 atom stereocenters. The Balaban J connectivity index is 1.16. The molecule has 17 heteroatoms. The van der Waals surface area contributed by atoms with Crippen molar-refractivity contribution in [3.63, 3.8) is 0 Å².